The van der Waals surface area contributed by atoms with E-state index in [-0.39, 0.29) is 0 Å². The highest BCUT2D eigenvalue weighted by molar-refractivity contribution is 5.58. The third-order valence-electron chi connectivity index (χ3n) is 3.34. The Balaban J connectivity index is 1.92. The minimum atomic E-state index is 0.543. The predicted octanol–water partition coefficient (Wildman–Crippen LogP) is 2.98. The summed E-state index contributed by atoms with van der Waals surface area (Å²) < 4.78 is 5.39. The molecule has 0 bridgehead atoms. The van der Waals surface area contributed by atoms with E-state index < -0.39 is 0 Å². The van der Waals surface area contributed by atoms with Crippen molar-refractivity contribution in [2.45, 2.75) is 38.6 Å². The molecule has 0 atom stereocenters. The molecule has 0 saturated heterocycles. The molecular formula is C15H24N2O. The molecule has 2 N–H and O–H groups in total. The molecule has 3 nitrogen and oxygen atoms in total. The minimum Gasteiger partial charge on any atom is -0.495 e. The number of methoxy groups -OCH3 is 1. The van der Waals surface area contributed by atoms with Crippen LogP contribution in [-0.2, 0) is 0 Å². The highest BCUT2D eigenvalue weighted by Gasteiger charge is 2.19. The van der Waals surface area contributed by atoms with Crippen LogP contribution in [0, 0.1) is 0 Å². The number of rotatable bonds is 7. The average molecular weight is 248 g/mol. The fourth-order valence-corrected chi connectivity index (χ4v) is 1.98. The highest BCUT2D eigenvalue weighted by Crippen LogP contribution is 2.28. The van der Waals surface area contributed by atoms with Gasteiger partial charge in [0.25, 0.3) is 0 Å². The van der Waals surface area contributed by atoms with Crippen LogP contribution in [0.25, 0.3) is 0 Å². The molecule has 0 spiro atoms. The van der Waals surface area contributed by atoms with Gasteiger partial charge >= 0.3 is 0 Å². The van der Waals surface area contributed by atoms with E-state index in [9.17, 15) is 0 Å². The largest absolute Gasteiger partial charge is 0.495 e. The molecule has 1 aliphatic rings. The summed E-state index contributed by atoms with van der Waals surface area (Å²) in [5, 5.41) is 6.95. The molecule has 1 aromatic carbocycles. The standard InChI is InChI=1S/C15H24N2O/c1-11(2)12-4-7-15(18-3)14(10-12)17-9-8-16-13-5-6-13/h4,7,10-11,13,16-17H,5-6,8-9H2,1-3H3. The summed E-state index contributed by atoms with van der Waals surface area (Å²) in [6.07, 6.45) is 2.68. The van der Waals surface area contributed by atoms with Gasteiger partial charge in [-0.05, 0) is 36.5 Å². The molecule has 1 saturated carbocycles. The lowest BCUT2D eigenvalue weighted by Gasteiger charge is -2.14. The first-order chi connectivity index (χ1) is 8.70. The van der Waals surface area contributed by atoms with Gasteiger partial charge in [0.15, 0.2) is 0 Å². The Morgan fingerprint density at radius 3 is 2.67 bits per heavy atom. The lowest BCUT2D eigenvalue weighted by Crippen LogP contribution is -2.24. The molecule has 0 radical (unpaired) electrons. The molecule has 1 aliphatic carbocycles. The van der Waals surface area contributed by atoms with Gasteiger partial charge in [-0.1, -0.05) is 19.9 Å². The van der Waals surface area contributed by atoms with Gasteiger partial charge in [0.1, 0.15) is 5.75 Å². The van der Waals surface area contributed by atoms with Crippen molar-refractivity contribution >= 4 is 5.69 Å². The first kappa shape index (κ1) is 13.2. The van der Waals surface area contributed by atoms with E-state index in [1.807, 2.05) is 6.07 Å². The van der Waals surface area contributed by atoms with Crippen molar-refractivity contribution in [2.75, 3.05) is 25.5 Å². The normalized spacial score (nSPS) is 14.9. The van der Waals surface area contributed by atoms with E-state index in [0.717, 1.165) is 30.6 Å². The maximum Gasteiger partial charge on any atom is 0.141 e. The second kappa shape index (κ2) is 6.10. The third kappa shape index (κ3) is 3.64. The van der Waals surface area contributed by atoms with Crippen LogP contribution in [0.5, 0.6) is 5.75 Å². The number of anilines is 1. The van der Waals surface area contributed by atoms with Crippen LogP contribution in [0.15, 0.2) is 18.2 Å². The summed E-state index contributed by atoms with van der Waals surface area (Å²) >= 11 is 0. The summed E-state index contributed by atoms with van der Waals surface area (Å²) in [7, 11) is 1.72. The molecule has 0 aromatic heterocycles. The molecular weight excluding hydrogens is 224 g/mol. The number of benzene rings is 1. The monoisotopic (exact) mass is 248 g/mol. The summed E-state index contributed by atoms with van der Waals surface area (Å²) in [6.45, 7) is 6.37. The van der Waals surface area contributed by atoms with Gasteiger partial charge in [0.2, 0.25) is 0 Å². The van der Waals surface area contributed by atoms with Crippen molar-refractivity contribution < 1.29 is 4.74 Å². The van der Waals surface area contributed by atoms with Crippen LogP contribution in [0.4, 0.5) is 5.69 Å². The van der Waals surface area contributed by atoms with Gasteiger partial charge in [0, 0.05) is 19.1 Å². The van der Waals surface area contributed by atoms with Crippen molar-refractivity contribution in [3.8, 4) is 5.75 Å². The first-order valence-corrected chi connectivity index (χ1v) is 6.86. The molecule has 1 aromatic rings. The fourth-order valence-electron chi connectivity index (χ4n) is 1.98. The topological polar surface area (TPSA) is 33.3 Å². The van der Waals surface area contributed by atoms with E-state index in [1.165, 1.54) is 18.4 Å². The Hall–Kier alpha value is -1.22. The van der Waals surface area contributed by atoms with Crippen molar-refractivity contribution in [2.24, 2.45) is 0 Å². The Kier molecular flexibility index (Phi) is 4.48. The Labute approximate surface area is 110 Å². The van der Waals surface area contributed by atoms with Gasteiger partial charge < -0.3 is 15.4 Å². The van der Waals surface area contributed by atoms with Gasteiger partial charge in [-0.25, -0.2) is 0 Å². The van der Waals surface area contributed by atoms with Crippen molar-refractivity contribution in [1.82, 2.24) is 5.32 Å². The SMILES string of the molecule is COc1ccc(C(C)C)cc1NCCNC1CC1. The third-order valence-corrected chi connectivity index (χ3v) is 3.34. The molecule has 0 unspecified atom stereocenters. The fraction of sp³-hybridized carbons (Fsp3) is 0.600. The molecule has 0 aliphatic heterocycles. The second-order valence-electron chi connectivity index (χ2n) is 5.27. The quantitative estimate of drug-likeness (QED) is 0.728. The lowest BCUT2D eigenvalue weighted by molar-refractivity contribution is 0.416. The Morgan fingerprint density at radius 1 is 1.28 bits per heavy atom. The average Bonchev–Trinajstić information content (AvgIpc) is 3.18. The van der Waals surface area contributed by atoms with Gasteiger partial charge in [0.05, 0.1) is 12.8 Å². The van der Waals surface area contributed by atoms with E-state index in [0.29, 0.717) is 5.92 Å². The van der Waals surface area contributed by atoms with Crippen LogP contribution in [-0.4, -0.2) is 26.2 Å². The highest BCUT2D eigenvalue weighted by atomic mass is 16.5. The summed E-state index contributed by atoms with van der Waals surface area (Å²) in [5.41, 5.74) is 2.44. The van der Waals surface area contributed by atoms with Crippen LogP contribution in [0.1, 0.15) is 38.2 Å². The lowest BCUT2D eigenvalue weighted by atomic mass is 10.0. The van der Waals surface area contributed by atoms with Crippen LogP contribution >= 0.6 is 0 Å². The van der Waals surface area contributed by atoms with E-state index in [1.54, 1.807) is 7.11 Å². The van der Waals surface area contributed by atoms with Crippen LogP contribution in [0.2, 0.25) is 0 Å². The maximum absolute atomic E-state index is 5.39. The zero-order chi connectivity index (χ0) is 13.0. The van der Waals surface area contributed by atoms with Crippen molar-refractivity contribution in [1.29, 1.82) is 0 Å². The van der Waals surface area contributed by atoms with Gasteiger partial charge in [-0.15, -0.1) is 0 Å². The number of ether oxygens (including phenoxy) is 1. The zero-order valence-corrected chi connectivity index (χ0v) is 11.6. The maximum atomic E-state index is 5.39. The first-order valence-electron chi connectivity index (χ1n) is 6.86. The number of nitrogens with one attached hydrogen (secondary N) is 2. The van der Waals surface area contributed by atoms with E-state index in [4.69, 9.17) is 4.74 Å². The molecule has 100 valence electrons. The van der Waals surface area contributed by atoms with E-state index >= 15 is 0 Å². The number of hydrogen-bond acceptors (Lipinski definition) is 3. The van der Waals surface area contributed by atoms with Crippen molar-refractivity contribution in [3.05, 3.63) is 23.8 Å². The second-order valence-corrected chi connectivity index (χ2v) is 5.27. The molecule has 2 rings (SSSR count). The minimum absolute atomic E-state index is 0.543. The van der Waals surface area contributed by atoms with Crippen molar-refractivity contribution in [3.63, 3.8) is 0 Å². The summed E-state index contributed by atoms with van der Waals surface area (Å²) in [6, 6.07) is 7.15. The molecule has 1 fully saturated rings. The molecule has 3 heteroatoms. The summed E-state index contributed by atoms with van der Waals surface area (Å²) in [5.74, 6) is 1.46. The number of hydrogen-bond donors (Lipinski definition) is 2. The van der Waals surface area contributed by atoms with Gasteiger partial charge in [-0.3, -0.25) is 0 Å². The van der Waals surface area contributed by atoms with Gasteiger partial charge in [-0.2, -0.15) is 0 Å². The van der Waals surface area contributed by atoms with E-state index in [2.05, 4.69) is 36.6 Å². The van der Waals surface area contributed by atoms with Crippen LogP contribution < -0.4 is 15.4 Å². The Bertz CT molecular complexity index is 386. The Morgan fingerprint density at radius 2 is 2.06 bits per heavy atom. The molecule has 0 heterocycles. The molecule has 18 heavy (non-hydrogen) atoms. The zero-order valence-electron chi connectivity index (χ0n) is 11.6. The molecule has 0 amide bonds. The summed E-state index contributed by atoms with van der Waals surface area (Å²) in [4.78, 5) is 0. The smallest absolute Gasteiger partial charge is 0.141 e. The van der Waals surface area contributed by atoms with Crippen LogP contribution in [0.3, 0.4) is 0 Å². The predicted molar refractivity (Wildman–Crippen MR) is 76.6 cm³/mol.